The van der Waals surface area contributed by atoms with Crippen LogP contribution in [-0.4, -0.2) is 12.0 Å². The van der Waals surface area contributed by atoms with Gasteiger partial charge in [-0.15, -0.1) is 0 Å². The minimum absolute atomic E-state index is 0.271. The first-order valence-corrected chi connectivity index (χ1v) is 5.06. The zero-order chi connectivity index (χ0) is 11.5. The molecule has 4 heteroatoms. The summed E-state index contributed by atoms with van der Waals surface area (Å²) in [6, 6.07) is 4.62. The third-order valence-corrected chi connectivity index (χ3v) is 2.35. The highest BCUT2D eigenvalue weighted by molar-refractivity contribution is 5.61. The first-order valence-electron chi connectivity index (χ1n) is 5.06. The molecule has 0 radical (unpaired) electrons. The maximum absolute atomic E-state index is 13.1. The molecule has 1 aromatic carbocycles. The topological polar surface area (TPSA) is 38.1 Å². The number of hydrogen-bond donors (Lipinski definition) is 1. The minimum atomic E-state index is -0.271. The molecule has 0 aliphatic carbocycles. The summed E-state index contributed by atoms with van der Waals surface area (Å²) in [6.45, 7) is 2.48. The van der Waals surface area contributed by atoms with Crippen molar-refractivity contribution >= 4 is 0 Å². The van der Waals surface area contributed by atoms with Gasteiger partial charge >= 0.3 is 0 Å². The van der Waals surface area contributed by atoms with Crippen LogP contribution in [0.15, 0.2) is 28.8 Å². The van der Waals surface area contributed by atoms with Crippen LogP contribution in [-0.2, 0) is 6.54 Å². The van der Waals surface area contributed by atoms with Crippen molar-refractivity contribution in [2.45, 2.75) is 13.5 Å². The van der Waals surface area contributed by atoms with Gasteiger partial charge in [-0.05, 0) is 31.7 Å². The summed E-state index contributed by atoms with van der Waals surface area (Å²) in [4.78, 5) is 4.10. The summed E-state index contributed by atoms with van der Waals surface area (Å²) < 4.78 is 18.6. The van der Waals surface area contributed by atoms with Gasteiger partial charge in [0.2, 0.25) is 5.89 Å². The van der Waals surface area contributed by atoms with Gasteiger partial charge in [0.25, 0.3) is 0 Å². The molecule has 0 amide bonds. The van der Waals surface area contributed by atoms with Gasteiger partial charge in [0.1, 0.15) is 5.82 Å². The Morgan fingerprint density at radius 1 is 1.44 bits per heavy atom. The van der Waals surface area contributed by atoms with E-state index in [2.05, 4.69) is 10.3 Å². The largest absolute Gasteiger partial charge is 0.439 e. The predicted molar refractivity (Wildman–Crippen MR) is 59.4 cm³/mol. The Morgan fingerprint density at radius 3 is 3.00 bits per heavy atom. The van der Waals surface area contributed by atoms with Gasteiger partial charge in [-0.1, -0.05) is 6.07 Å². The van der Waals surface area contributed by atoms with Gasteiger partial charge in [-0.3, -0.25) is 0 Å². The lowest BCUT2D eigenvalue weighted by atomic mass is 10.1. The molecular weight excluding hydrogens is 207 g/mol. The maximum atomic E-state index is 13.1. The second-order valence-electron chi connectivity index (χ2n) is 3.61. The van der Waals surface area contributed by atoms with Crippen molar-refractivity contribution in [2.75, 3.05) is 7.05 Å². The zero-order valence-corrected chi connectivity index (χ0v) is 9.25. The fraction of sp³-hybridized carbons (Fsp3) is 0.250. The number of aromatic nitrogens is 1. The summed E-state index contributed by atoms with van der Waals surface area (Å²) in [6.07, 6.45) is 1.62. The molecule has 1 heterocycles. The molecule has 2 rings (SSSR count). The van der Waals surface area contributed by atoms with Crippen LogP contribution in [0.5, 0.6) is 0 Å². The van der Waals surface area contributed by atoms with Crippen molar-refractivity contribution in [2.24, 2.45) is 0 Å². The van der Waals surface area contributed by atoms with E-state index in [1.54, 1.807) is 12.3 Å². The molecular formula is C12H13FN2O. The first-order chi connectivity index (χ1) is 7.70. The van der Waals surface area contributed by atoms with Crippen LogP contribution in [0.25, 0.3) is 11.3 Å². The van der Waals surface area contributed by atoms with E-state index in [4.69, 9.17) is 4.42 Å². The molecule has 0 aliphatic rings. The Hall–Kier alpha value is -1.68. The number of benzene rings is 1. The number of oxazole rings is 1. The molecule has 0 atom stereocenters. The molecule has 0 bridgehead atoms. The van der Waals surface area contributed by atoms with Gasteiger partial charge < -0.3 is 9.73 Å². The molecule has 0 saturated carbocycles. The Kier molecular flexibility index (Phi) is 3.01. The van der Waals surface area contributed by atoms with Crippen molar-refractivity contribution in [3.63, 3.8) is 0 Å². The molecule has 1 N–H and O–H groups in total. The van der Waals surface area contributed by atoms with E-state index in [1.807, 2.05) is 14.0 Å². The van der Waals surface area contributed by atoms with Gasteiger partial charge in [-0.25, -0.2) is 9.37 Å². The SMILES string of the molecule is CNCc1ncc(-c2cc(F)ccc2C)o1. The zero-order valence-electron chi connectivity index (χ0n) is 9.25. The van der Waals surface area contributed by atoms with Crippen molar-refractivity contribution in [3.8, 4) is 11.3 Å². The monoisotopic (exact) mass is 220 g/mol. The first kappa shape index (κ1) is 10.8. The average Bonchev–Trinajstić information content (AvgIpc) is 2.71. The van der Waals surface area contributed by atoms with E-state index in [0.29, 0.717) is 18.2 Å². The van der Waals surface area contributed by atoms with Crippen molar-refractivity contribution < 1.29 is 8.81 Å². The lowest BCUT2D eigenvalue weighted by molar-refractivity contribution is 0.490. The average molecular weight is 220 g/mol. The molecule has 2 aromatic rings. The second-order valence-corrected chi connectivity index (χ2v) is 3.61. The smallest absolute Gasteiger partial charge is 0.208 e. The Morgan fingerprint density at radius 2 is 2.25 bits per heavy atom. The number of halogens is 1. The van der Waals surface area contributed by atoms with E-state index in [0.717, 1.165) is 11.1 Å². The summed E-state index contributed by atoms with van der Waals surface area (Å²) >= 11 is 0. The maximum Gasteiger partial charge on any atom is 0.208 e. The Balaban J connectivity index is 2.38. The highest BCUT2D eigenvalue weighted by Crippen LogP contribution is 2.24. The van der Waals surface area contributed by atoms with Crippen LogP contribution in [0.1, 0.15) is 11.5 Å². The standard InChI is InChI=1S/C12H13FN2O/c1-8-3-4-9(13)5-10(8)11-6-15-12(16-11)7-14-2/h3-6,14H,7H2,1-2H3. The number of aryl methyl sites for hydroxylation is 1. The Labute approximate surface area is 93.3 Å². The molecule has 84 valence electrons. The van der Waals surface area contributed by atoms with Gasteiger partial charge in [0, 0.05) is 5.56 Å². The third-order valence-electron chi connectivity index (χ3n) is 2.35. The number of hydrogen-bond acceptors (Lipinski definition) is 3. The van der Waals surface area contributed by atoms with E-state index in [-0.39, 0.29) is 5.82 Å². The highest BCUT2D eigenvalue weighted by atomic mass is 19.1. The molecule has 3 nitrogen and oxygen atoms in total. The fourth-order valence-electron chi connectivity index (χ4n) is 1.53. The number of nitrogens with zero attached hydrogens (tertiary/aromatic N) is 1. The quantitative estimate of drug-likeness (QED) is 0.863. The molecule has 0 unspecified atom stereocenters. The molecule has 1 aromatic heterocycles. The van der Waals surface area contributed by atoms with Crippen LogP contribution >= 0.6 is 0 Å². The number of nitrogens with one attached hydrogen (secondary N) is 1. The lowest BCUT2D eigenvalue weighted by Gasteiger charge is -2.01. The van der Waals surface area contributed by atoms with E-state index in [1.165, 1.54) is 12.1 Å². The summed E-state index contributed by atoms with van der Waals surface area (Å²) in [5.74, 6) is 0.926. The Bertz CT molecular complexity index is 494. The van der Waals surface area contributed by atoms with E-state index in [9.17, 15) is 4.39 Å². The van der Waals surface area contributed by atoms with Crippen LogP contribution in [0, 0.1) is 12.7 Å². The lowest BCUT2D eigenvalue weighted by Crippen LogP contribution is -2.04. The molecule has 0 aliphatic heterocycles. The minimum Gasteiger partial charge on any atom is -0.439 e. The van der Waals surface area contributed by atoms with Gasteiger partial charge in [0.05, 0.1) is 12.7 Å². The van der Waals surface area contributed by atoms with Crippen molar-refractivity contribution in [1.82, 2.24) is 10.3 Å². The number of rotatable bonds is 3. The van der Waals surface area contributed by atoms with Crippen molar-refractivity contribution in [1.29, 1.82) is 0 Å². The van der Waals surface area contributed by atoms with Crippen LogP contribution in [0.3, 0.4) is 0 Å². The normalized spacial score (nSPS) is 10.7. The van der Waals surface area contributed by atoms with Gasteiger partial charge in [-0.2, -0.15) is 0 Å². The van der Waals surface area contributed by atoms with Crippen LogP contribution in [0.2, 0.25) is 0 Å². The van der Waals surface area contributed by atoms with Gasteiger partial charge in [0.15, 0.2) is 5.76 Å². The predicted octanol–water partition coefficient (Wildman–Crippen LogP) is 2.51. The second kappa shape index (κ2) is 4.45. The van der Waals surface area contributed by atoms with E-state index < -0.39 is 0 Å². The van der Waals surface area contributed by atoms with E-state index >= 15 is 0 Å². The van der Waals surface area contributed by atoms with Crippen LogP contribution < -0.4 is 5.32 Å². The summed E-state index contributed by atoms with van der Waals surface area (Å²) in [5, 5.41) is 2.94. The molecule has 0 fully saturated rings. The summed E-state index contributed by atoms with van der Waals surface area (Å²) in [5.41, 5.74) is 1.71. The molecule has 0 saturated heterocycles. The molecule has 16 heavy (non-hydrogen) atoms. The van der Waals surface area contributed by atoms with Crippen LogP contribution in [0.4, 0.5) is 4.39 Å². The third kappa shape index (κ3) is 2.12. The summed E-state index contributed by atoms with van der Waals surface area (Å²) in [7, 11) is 1.82. The molecule has 0 spiro atoms. The highest BCUT2D eigenvalue weighted by Gasteiger charge is 2.09. The fourth-order valence-corrected chi connectivity index (χ4v) is 1.53. The van der Waals surface area contributed by atoms with Crippen molar-refractivity contribution in [3.05, 3.63) is 41.7 Å².